The van der Waals surface area contributed by atoms with Crippen LogP contribution in [0.3, 0.4) is 0 Å². The third-order valence-corrected chi connectivity index (χ3v) is 4.68. The number of ether oxygens (including phenoxy) is 1. The first-order valence-corrected chi connectivity index (χ1v) is 8.95. The van der Waals surface area contributed by atoms with Gasteiger partial charge in [0.2, 0.25) is 0 Å². The van der Waals surface area contributed by atoms with Gasteiger partial charge in [0.05, 0.1) is 19.8 Å². The van der Waals surface area contributed by atoms with Gasteiger partial charge in [0, 0.05) is 38.8 Å². The van der Waals surface area contributed by atoms with Gasteiger partial charge < -0.3 is 15.0 Å². The zero-order chi connectivity index (χ0) is 15.9. The van der Waals surface area contributed by atoms with E-state index in [1.54, 1.807) is 0 Å². The largest absolute Gasteiger partial charge is 0.379 e. The van der Waals surface area contributed by atoms with Gasteiger partial charge in [-0.15, -0.1) is 0 Å². The van der Waals surface area contributed by atoms with Crippen LogP contribution in [0.4, 0.5) is 0 Å². The summed E-state index contributed by atoms with van der Waals surface area (Å²) in [7, 11) is 0. The number of likely N-dealkylation sites (tertiary alicyclic amines) is 1. The number of guanidine groups is 1. The molecule has 22 heavy (non-hydrogen) atoms. The van der Waals surface area contributed by atoms with Gasteiger partial charge >= 0.3 is 0 Å². The van der Waals surface area contributed by atoms with E-state index in [1.807, 2.05) is 0 Å². The van der Waals surface area contributed by atoms with Crippen molar-refractivity contribution in [3.05, 3.63) is 0 Å². The molecule has 0 radical (unpaired) electrons. The molecule has 2 heterocycles. The van der Waals surface area contributed by atoms with Gasteiger partial charge in [-0.25, -0.2) is 0 Å². The van der Waals surface area contributed by atoms with Gasteiger partial charge in [-0.1, -0.05) is 13.8 Å². The fraction of sp³-hybridized carbons (Fsp3) is 0.941. The predicted octanol–water partition coefficient (Wildman–Crippen LogP) is 1.65. The van der Waals surface area contributed by atoms with E-state index in [4.69, 9.17) is 9.73 Å². The Kier molecular flexibility index (Phi) is 6.96. The van der Waals surface area contributed by atoms with Crippen molar-refractivity contribution in [2.24, 2.45) is 16.8 Å². The molecule has 0 aromatic carbocycles. The zero-order valence-corrected chi connectivity index (χ0v) is 14.8. The summed E-state index contributed by atoms with van der Waals surface area (Å²) in [4.78, 5) is 9.87. The molecule has 0 saturated carbocycles. The Morgan fingerprint density at radius 2 is 1.86 bits per heavy atom. The van der Waals surface area contributed by atoms with Crippen molar-refractivity contribution in [1.82, 2.24) is 15.1 Å². The molecule has 0 aromatic rings. The molecule has 3 atom stereocenters. The van der Waals surface area contributed by atoms with E-state index in [2.05, 4.69) is 42.8 Å². The summed E-state index contributed by atoms with van der Waals surface area (Å²) in [5.74, 6) is 2.61. The number of aliphatic imine (C=N–C) groups is 1. The zero-order valence-electron chi connectivity index (χ0n) is 14.8. The van der Waals surface area contributed by atoms with Crippen molar-refractivity contribution in [1.29, 1.82) is 0 Å². The average molecular weight is 310 g/mol. The fourth-order valence-corrected chi connectivity index (χ4v) is 3.61. The SMILES string of the molecule is CCNC(=NCC(C)N1CCOCC1)N1CC(C)CC(C)C1. The molecule has 2 fully saturated rings. The summed E-state index contributed by atoms with van der Waals surface area (Å²) in [6, 6.07) is 0.484. The first kappa shape index (κ1) is 17.5. The second-order valence-corrected chi connectivity index (χ2v) is 7.04. The summed E-state index contributed by atoms with van der Waals surface area (Å²) < 4.78 is 5.43. The van der Waals surface area contributed by atoms with Gasteiger partial charge in [0.1, 0.15) is 0 Å². The van der Waals surface area contributed by atoms with Gasteiger partial charge in [-0.2, -0.15) is 0 Å². The quantitative estimate of drug-likeness (QED) is 0.633. The minimum Gasteiger partial charge on any atom is -0.379 e. The summed E-state index contributed by atoms with van der Waals surface area (Å²) in [5.41, 5.74) is 0. The number of nitrogens with one attached hydrogen (secondary N) is 1. The van der Waals surface area contributed by atoms with Crippen LogP contribution in [0.2, 0.25) is 0 Å². The van der Waals surface area contributed by atoms with E-state index in [0.717, 1.165) is 70.3 Å². The number of hydrogen-bond acceptors (Lipinski definition) is 3. The molecule has 2 aliphatic heterocycles. The van der Waals surface area contributed by atoms with Crippen molar-refractivity contribution in [2.75, 3.05) is 52.5 Å². The molecular formula is C17H34N4O. The Morgan fingerprint density at radius 1 is 1.23 bits per heavy atom. The van der Waals surface area contributed by atoms with Crippen LogP contribution in [-0.2, 0) is 4.74 Å². The topological polar surface area (TPSA) is 40.1 Å². The van der Waals surface area contributed by atoms with Gasteiger partial charge in [-0.05, 0) is 32.1 Å². The van der Waals surface area contributed by atoms with Crippen LogP contribution >= 0.6 is 0 Å². The molecule has 0 bridgehead atoms. The maximum atomic E-state index is 5.43. The molecule has 5 nitrogen and oxygen atoms in total. The molecule has 128 valence electrons. The highest BCUT2D eigenvalue weighted by molar-refractivity contribution is 5.80. The van der Waals surface area contributed by atoms with Crippen molar-refractivity contribution in [3.63, 3.8) is 0 Å². The van der Waals surface area contributed by atoms with Gasteiger partial charge in [0.15, 0.2) is 5.96 Å². The Balaban J connectivity index is 1.93. The molecule has 0 amide bonds. The molecule has 2 saturated heterocycles. The van der Waals surface area contributed by atoms with Crippen LogP contribution < -0.4 is 5.32 Å². The Labute approximate surface area is 136 Å². The molecule has 2 aliphatic rings. The smallest absolute Gasteiger partial charge is 0.193 e. The summed E-state index contributed by atoms with van der Waals surface area (Å²) in [5, 5.41) is 3.48. The lowest BCUT2D eigenvalue weighted by Crippen LogP contribution is -2.49. The normalized spacial score (nSPS) is 29.5. The molecule has 1 N–H and O–H groups in total. The second kappa shape index (κ2) is 8.73. The van der Waals surface area contributed by atoms with Crippen LogP contribution in [0.25, 0.3) is 0 Å². The third kappa shape index (κ3) is 5.13. The van der Waals surface area contributed by atoms with E-state index >= 15 is 0 Å². The van der Waals surface area contributed by atoms with Crippen LogP contribution in [0.15, 0.2) is 4.99 Å². The van der Waals surface area contributed by atoms with Crippen molar-refractivity contribution in [3.8, 4) is 0 Å². The average Bonchev–Trinajstić information content (AvgIpc) is 2.51. The number of morpholine rings is 1. The van der Waals surface area contributed by atoms with E-state index in [0.29, 0.717) is 6.04 Å². The highest BCUT2D eigenvalue weighted by Crippen LogP contribution is 2.21. The first-order chi connectivity index (χ1) is 10.6. The minimum absolute atomic E-state index is 0.484. The lowest BCUT2D eigenvalue weighted by molar-refractivity contribution is 0.0220. The Hall–Kier alpha value is -0.810. The van der Waals surface area contributed by atoms with Crippen LogP contribution in [0.5, 0.6) is 0 Å². The lowest BCUT2D eigenvalue weighted by atomic mass is 9.92. The number of piperidine rings is 1. The molecule has 0 aromatic heterocycles. The molecule has 0 spiro atoms. The summed E-state index contributed by atoms with van der Waals surface area (Å²) in [6.45, 7) is 17.0. The molecule has 3 unspecified atom stereocenters. The standard InChI is InChI=1S/C17H34N4O/c1-5-18-17(21-12-14(2)10-15(3)13-21)19-11-16(4)20-6-8-22-9-7-20/h14-16H,5-13H2,1-4H3,(H,18,19). The summed E-state index contributed by atoms with van der Waals surface area (Å²) >= 11 is 0. The van der Waals surface area contributed by atoms with E-state index in [9.17, 15) is 0 Å². The highest BCUT2D eigenvalue weighted by atomic mass is 16.5. The van der Waals surface area contributed by atoms with Crippen LogP contribution in [-0.4, -0.2) is 74.3 Å². The molecule has 0 aliphatic carbocycles. The van der Waals surface area contributed by atoms with E-state index < -0.39 is 0 Å². The Morgan fingerprint density at radius 3 is 2.45 bits per heavy atom. The highest BCUT2D eigenvalue weighted by Gasteiger charge is 2.24. The monoisotopic (exact) mass is 310 g/mol. The lowest BCUT2D eigenvalue weighted by Gasteiger charge is -2.37. The maximum absolute atomic E-state index is 5.43. The van der Waals surface area contributed by atoms with Crippen LogP contribution in [0.1, 0.15) is 34.1 Å². The van der Waals surface area contributed by atoms with Crippen molar-refractivity contribution >= 4 is 5.96 Å². The second-order valence-electron chi connectivity index (χ2n) is 7.04. The Bertz CT molecular complexity index is 345. The fourth-order valence-electron chi connectivity index (χ4n) is 3.61. The molecule has 2 rings (SSSR count). The van der Waals surface area contributed by atoms with Gasteiger partial charge in [0.25, 0.3) is 0 Å². The van der Waals surface area contributed by atoms with E-state index in [-0.39, 0.29) is 0 Å². The van der Waals surface area contributed by atoms with Crippen LogP contribution in [0, 0.1) is 11.8 Å². The number of rotatable bonds is 4. The number of nitrogens with zero attached hydrogens (tertiary/aromatic N) is 3. The predicted molar refractivity (Wildman–Crippen MR) is 92.4 cm³/mol. The van der Waals surface area contributed by atoms with E-state index in [1.165, 1.54) is 6.42 Å². The van der Waals surface area contributed by atoms with Crippen molar-refractivity contribution in [2.45, 2.75) is 40.2 Å². The third-order valence-electron chi connectivity index (χ3n) is 4.68. The maximum Gasteiger partial charge on any atom is 0.193 e. The first-order valence-electron chi connectivity index (χ1n) is 8.95. The number of hydrogen-bond donors (Lipinski definition) is 1. The molecular weight excluding hydrogens is 276 g/mol. The van der Waals surface area contributed by atoms with Crippen molar-refractivity contribution < 1.29 is 4.74 Å². The minimum atomic E-state index is 0.484. The van der Waals surface area contributed by atoms with Gasteiger partial charge in [-0.3, -0.25) is 9.89 Å². The molecule has 5 heteroatoms. The summed E-state index contributed by atoms with van der Waals surface area (Å²) in [6.07, 6.45) is 1.33.